The third-order valence-electron chi connectivity index (χ3n) is 4.85. The molecule has 0 saturated carbocycles. The van der Waals surface area contributed by atoms with Crippen LogP contribution in [0.3, 0.4) is 0 Å². The van der Waals surface area contributed by atoms with Crippen molar-refractivity contribution in [2.24, 2.45) is 10.9 Å². The molecule has 0 fully saturated rings. The minimum Gasteiger partial charge on any atom is -0.418 e. The van der Waals surface area contributed by atoms with Gasteiger partial charge in [-0.05, 0) is 0 Å². The molecule has 0 bridgehead atoms. The number of rotatable bonds is 5. The summed E-state index contributed by atoms with van der Waals surface area (Å²) < 4.78 is 49.3. The van der Waals surface area contributed by atoms with Crippen LogP contribution in [0.15, 0.2) is 89.9 Å². The van der Waals surface area contributed by atoms with Crippen LogP contribution in [-0.2, 0) is 25.2 Å². The molecule has 1 heterocycles. The molecule has 1 aliphatic heterocycles. The third-order valence-corrected chi connectivity index (χ3v) is 10.1. The Morgan fingerprint density at radius 1 is 0.892 bits per heavy atom. The molecule has 37 heavy (non-hydrogen) atoms. The van der Waals surface area contributed by atoms with Gasteiger partial charge in [-0.3, -0.25) is 0 Å². The molecule has 200 valence electrons. The second-order valence-electron chi connectivity index (χ2n) is 7.80. The molecule has 3 aromatic carbocycles. The first-order valence-corrected chi connectivity index (χ1v) is 13.9. The molecule has 1 aliphatic rings. The van der Waals surface area contributed by atoms with Gasteiger partial charge in [0.25, 0.3) is 0 Å². The van der Waals surface area contributed by atoms with Gasteiger partial charge in [-0.1, -0.05) is 0 Å². The quantitative estimate of drug-likeness (QED) is 0.212. The SMILES string of the molecule is CC#N.CC(C)[C@H]1COC(c2ccccc2[As](c2ccccc2)c2ccccc2)=N1.F[B-](F)(F)F.[CH3-].[Pd+2]. The van der Waals surface area contributed by atoms with Crippen LogP contribution in [0.2, 0.25) is 0 Å². The molecule has 0 amide bonds. The maximum absolute atomic E-state index is 9.75. The monoisotopic (exact) mass is 666 g/mol. The summed E-state index contributed by atoms with van der Waals surface area (Å²) in [4.78, 5) is 4.91. The van der Waals surface area contributed by atoms with E-state index in [4.69, 9.17) is 15.0 Å². The van der Waals surface area contributed by atoms with Crippen LogP contribution in [0.5, 0.6) is 0 Å². The van der Waals surface area contributed by atoms with Crippen molar-refractivity contribution in [2.45, 2.75) is 26.8 Å². The van der Waals surface area contributed by atoms with Crippen LogP contribution in [0.1, 0.15) is 26.3 Å². The fourth-order valence-corrected chi connectivity index (χ4v) is 8.43. The zero-order chi connectivity index (χ0) is 25.8. The van der Waals surface area contributed by atoms with E-state index in [-0.39, 0.29) is 33.9 Å². The van der Waals surface area contributed by atoms with Gasteiger partial charge in [0.15, 0.2) is 0 Å². The topological polar surface area (TPSA) is 45.4 Å². The molecule has 0 radical (unpaired) electrons. The number of aliphatic imine (C=N–C) groups is 1. The van der Waals surface area contributed by atoms with E-state index in [9.17, 15) is 17.3 Å². The number of benzene rings is 3. The fourth-order valence-electron chi connectivity index (χ4n) is 3.31. The standard InChI is InChI=1S/C24H24AsNO.C2H3N.CH3.BF4.Pd/c1-18(2)23-17-27-24(26-23)21-15-9-10-16-22(21)25(19-11-5-3-6-12-19)20-13-7-4-8-14-20;1-2-3;;2-1(3,4)5;/h3-16,18,23H,17H2,1-2H3;1H3;1H3;;/q;;2*-1;+2/t23-;;;;/m1..../s1. The molecule has 1 atom stereocenters. The predicted octanol–water partition coefficient (Wildman–Crippen LogP) is 5.28. The number of ether oxygens (including phenoxy) is 1. The second-order valence-corrected chi connectivity index (χ2v) is 12.4. The summed E-state index contributed by atoms with van der Waals surface area (Å²) in [5.74, 6) is 1.31. The summed E-state index contributed by atoms with van der Waals surface area (Å²) in [7, 11) is -6.00. The van der Waals surface area contributed by atoms with Gasteiger partial charge in [0, 0.05) is 6.92 Å². The number of hydrogen-bond donors (Lipinski definition) is 0. The summed E-state index contributed by atoms with van der Waals surface area (Å²) in [6.45, 7) is 6.53. The first-order valence-electron chi connectivity index (χ1n) is 11.0. The average molecular weight is 667 g/mol. The Labute approximate surface area is 236 Å². The molecule has 3 nitrogen and oxygen atoms in total. The smallest absolute Gasteiger partial charge is 0.418 e. The zero-order valence-electron chi connectivity index (χ0n) is 21.1. The molecule has 0 saturated heterocycles. The predicted molar refractivity (Wildman–Crippen MR) is 143 cm³/mol. The fraction of sp³-hybridized carbons (Fsp3) is 0.222. The Morgan fingerprint density at radius 3 is 1.70 bits per heavy atom. The van der Waals surface area contributed by atoms with Crippen molar-refractivity contribution in [3.63, 3.8) is 0 Å². The molecule has 0 N–H and O–H groups in total. The van der Waals surface area contributed by atoms with Gasteiger partial charge in [0.05, 0.1) is 6.07 Å². The van der Waals surface area contributed by atoms with Crippen LogP contribution in [0.4, 0.5) is 17.3 Å². The maximum atomic E-state index is 9.75. The Hall–Kier alpha value is -2.37. The summed E-state index contributed by atoms with van der Waals surface area (Å²) in [5.41, 5.74) is 1.16. The van der Waals surface area contributed by atoms with Gasteiger partial charge in [-0.2, -0.15) is 5.26 Å². The van der Waals surface area contributed by atoms with Gasteiger partial charge in [-0.25, -0.2) is 0 Å². The van der Waals surface area contributed by atoms with Crippen molar-refractivity contribution in [1.29, 1.82) is 5.26 Å². The normalized spacial score (nSPS) is 13.8. The number of nitrogens with zero attached hydrogens (tertiary/aromatic N) is 2. The molecule has 0 unspecified atom stereocenters. The van der Waals surface area contributed by atoms with Crippen LogP contribution < -0.4 is 13.1 Å². The first kappa shape index (κ1) is 34.6. The average Bonchev–Trinajstić information content (AvgIpc) is 3.31. The van der Waals surface area contributed by atoms with E-state index in [0.717, 1.165) is 11.5 Å². The second kappa shape index (κ2) is 17.2. The molecule has 4 rings (SSSR count). The Balaban J connectivity index is 0.00000115. The van der Waals surface area contributed by atoms with E-state index >= 15 is 0 Å². The Morgan fingerprint density at radius 2 is 1.30 bits per heavy atom. The molecular weight excluding hydrogens is 636 g/mol. The summed E-state index contributed by atoms with van der Waals surface area (Å²) in [5, 5.41) is 7.32. The number of hydrogen-bond acceptors (Lipinski definition) is 3. The van der Waals surface area contributed by atoms with E-state index in [1.165, 1.54) is 20.0 Å². The van der Waals surface area contributed by atoms with Crippen molar-refractivity contribution in [3.8, 4) is 6.07 Å². The number of halogens is 4. The van der Waals surface area contributed by atoms with Crippen LogP contribution >= 0.6 is 0 Å². The molecule has 3 aromatic rings. The van der Waals surface area contributed by atoms with Crippen molar-refractivity contribution >= 4 is 40.9 Å². The van der Waals surface area contributed by atoms with E-state index < -0.39 is 21.9 Å². The van der Waals surface area contributed by atoms with E-state index in [1.807, 2.05) is 0 Å². The number of nitriles is 1. The molecular formula is C27H30AsBF4N2OPd. The van der Waals surface area contributed by atoms with Crippen LogP contribution in [0, 0.1) is 24.7 Å². The van der Waals surface area contributed by atoms with Crippen molar-refractivity contribution in [2.75, 3.05) is 6.61 Å². The van der Waals surface area contributed by atoms with Gasteiger partial charge in [-0.15, -0.1) is 0 Å². The van der Waals surface area contributed by atoms with Gasteiger partial charge in [0.2, 0.25) is 0 Å². The third kappa shape index (κ3) is 11.7. The summed E-state index contributed by atoms with van der Waals surface area (Å²) >= 11 is -1.70. The largest absolute Gasteiger partial charge is 2.00 e. The molecule has 10 heteroatoms. The van der Waals surface area contributed by atoms with E-state index in [2.05, 4.69) is 98.8 Å². The first-order chi connectivity index (χ1) is 16.7. The molecule has 0 aromatic heterocycles. The Bertz CT molecular complexity index is 1080. The summed E-state index contributed by atoms with van der Waals surface area (Å²) in [6, 6.07) is 32.5. The zero-order valence-corrected chi connectivity index (χ0v) is 24.5. The van der Waals surface area contributed by atoms with Crippen molar-refractivity contribution in [1.82, 2.24) is 0 Å². The van der Waals surface area contributed by atoms with Crippen molar-refractivity contribution < 1.29 is 42.4 Å². The summed E-state index contributed by atoms with van der Waals surface area (Å²) in [6.07, 6.45) is 0. The Kier molecular flexibility index (Phi) is 16.1. The van der Waals surface area contributed by atoms with E-state index in [1.54, 1.807) is 6.07 Å². The molecule has 0 aliphatic carbocycles. The van der Waals surface area contributed by atoms with Gasteiger partial charge >= 0.3 is 194 Å². The van der Waals surface area contributed by atoms with E-state index in [0.29, 0.717) is 12.5 Å². The molecule has 0 spiro atoms. The maximum Gasteiger partial charge on any atom is 2.00 e. The minimum atomic E-state index is -6.00. The van der Waals surface area contributed by atoms with Crippen LogP contribution in [0.25, 0.3) is 0 Å². The van der Waals surface area contributed by atoms with Gasteiger partial charge in [0.1, 0.15) is 0 Å². The van der Waals surface area contributed by atoms with Crippen LogP contribution in [-0.4, -0.2) is 40.5 Å². The minimum absolute atomic E-state index is 0. The van der Waals surface area contributed by atoms with Gasteiger partial charge < -0.3 is 24.7 Å². The van der Waals surface area contributed by atoms with Crippen molar-refractivity contribution in [3.05, 3.63) is 97.9 Å².